The number of ether oxygens (including phenoxy) is 3. The van der Waals surface area contributed by atoms with Crippen LogP contribution in [0.5, 0.6) is 11.5 Å². The van der Waals surface area contributed by atoms with Crippen molar-refractivity contribution >= 4 is 5.82 Å². The van der Waals surface area contributed by atoms with Crippen LogP contribution in [-0.4, -0.2) is 45.5 Å². The molecule has 1 atom stereocenters. The summed E-state index contributed by atoms with van der Waals surface area (Å²) in [7, 11) is 3.73. The molecule has 0 fully saturated rings. The molecule has 0 spiro atoms. The third-order valence-corrected chi connectivity index (χ3v) is 4.95. The Bertz CT molecular complexity index is 749. The van der Waals surface area contributed by atoms with Gasteiger partial charge >= 0.3 is 0 Å². The van der Waals surface area contributed by atoms with E-state index in [1.54, 1.807) is 7.11 Å². The minimum Gasteiger partial charge on any atom is -0.486 e. The molecule has 0 saturated heterocycles. The van der Waals surface area contributed by atoms with Crippen molar-refractivity contribution < 1.29 is 14.2 Å². The first-order valence-corrected chi connectivity index (χ1v) is 9.86. The molecule has 152 valence electrons. The van der Waals surface area contributed by atoms with Crippen LogP contribution in [0.15, 0.2) is 36.5 Å². The standard InChI is InChI=1S/C22H31N3O3/c1-16(2)22(18-6-7-19-20(13-18)28-12-11-27-19)24-15-17-5-8-21(23-14-17)25(3)9-10-26-4/h5-8,13-14,16,22,24H,9-12,15H2,1-4H3/t22-/m0/s1. The van der Waals surface area contributed by atoms with Gasteiger partial charge in [0.05, 0.1) is 6.61 Å². The van der Waals surface area contributed by atoms with Crippen molar-refractivity contribution in [2.24, 2.45) is 5.92 Å². The Balaban J connectivity index is 1.64. The van der Waals surface area contributed by atoms with Gasteiger partial charge in [0.15, 0.2) is 11.5 Å². The fraction of sp³-hybridized carbons (Fsp3) is 0.500. The van der Waals surface area contributed by atoms with E-state index < -0.39 is 0 Å². The van der Waals surface area contributed by atoms with Gasteiger partial charge in [-0.1, -0.05) is 26.0 Å². The molecule has 0 saturated carbocycles. The van der Waals surface area contributed by atoms with E-state index in [1.807, 2.05) is 19.3 Å². The summed E-state index contributed by atoms with van der Waals surface area (Å²) in [5, 5.41) is 3.67. The lowest BCUT2D eigenvalue weighted by Crippen LogP contribution is -2.26. The Kier molecular flexibility index (Phi) is 7.12. The number of hydrogen-bond acceptors (Lipinski definition) is 6. The Morgan fingerprint density at radius 3 is 2.61 bits per heavy atom. The monoisotopic (exact) mass is 385 g/mol. The lowest BCUT2D eigenvalue weighted by Gasteiger charge is -2.25. The molecule has 1 aromatic carbocycles. The van der Waals surface area contributed by atoms with Gasteiger partial charge in [0, 0.05) is 39.5 Å². The largest absolute Gasteiger partial charge is 0.486 e. The summed E-state index contributed by atoms with van der Waals surface area (Å²) in [5.41, 5.74) is 2.37. The molecule has 2 aromatic rings. The number of pyridine rings is 1. The fourth-order valence-electron chi connectivity index (χ4n) is 3.31. The molecule has 0 bridgehead atoms. The molecule has 1 N–H and O–H groups in total. The second kappa shape index (κ2) is 9.75. The lowest BCUT2D eigenvalue weighted by atomic mass is 9.95. The van der Waals surface area contributed by atoms with Crippen LogP contribution >= 0.6 is 0 Å². The third-order valence-electron chi connectivity index (χ3n) is 4.95. The van der Waals surface area contributed by atoms with Crippen LogP contribution in [0, 0.1) is 5.92 Å². The van der Waals surface area contributed by atoms with Crippen LogP contribution in [0.3, 0.4) is 0 Å². The summed E-state index contributed by atoms with van der Waals surface area (Å²) in [6, 6.07) is 10.6. The molecule has 6 heteroatoms. The van der Waals surface area contributed by atoms with Crippen molar-refractivity contribution in [2.75, 3.05) is 45.4 Å². The number of fused-ring (bicyclic) bond motifs is 1. The molecule has 3 rings (SSSR count). The van der Waals surface area contributed by atoms with Crippen molar-refractivity contribution in [3.63, 3.8) is 0 Å². The fourth-order valence-corrected chi connectivity index (χ4v) is 3.31. The van der Waals surface area contributed by atoms with Gasteiger partial charge in [-0.25, -0.2) is 4.98 Å². The Morgan fingerprint density at radius 1 is 1.14 bits per heavy atom. The molecule has 1 aliphatic rings. The average molecular weight is 386 g/mol. The van der Waals surface area contributed by atoms with E-state index in [-0.39, 0.29) is 6.04 Å². The van der Waals surface area contributed by atoms with Crippen LogP contribution in [0.1, 0.15) is 31.0 Å². The molecule has 0 unspecified atom stereocenters. The molecule has 28 heavy (non-hydrogen) atoms. The van der Waals surface area contributed by atoms with E-state index in [0.717, 1.165) is 36.0 Å². The lowest BCUT2D eigenvalue weighted by molar-refractivity contribution is 0.171. The first-order chi connectivity index (χ1) is 13.6. The van der Waals surface area contributed by atoms with Crippen molar-refractivity contribution in [3.8, 4) is 11.5 Å². The van der Waals surface area contributed by atoms with Gasteiger partial charge in [0.25, 0.3) is 0 Å². The van der Waals surface area contributed by atoms with Crippen LogP contribution in [0.4, 0.5) is 5.82 Å². The molecule has 1 aromatic heterocycles. The highest BCUT2D eigenvalue weighted by atomic mass is 16.6. The average Bonchev–Trinajstić information content (AvgIpc) is 2.72. The number of methoxy groups -OCH3 is 1. The number of aromatic nitrogens is 1. The normalized spacial score (nSPS) is 14.2. The van der Waals surface area contributed by atoms with Crippen molar-refractivity contribution in [2.45, 2.75) is 26.4 Å². The van der Waals surface area contributed by atoms with Crippen LogP contribution in [0.25, 0.3) is 0 Å². The van der Waals surface area contributed by atoms with Crippen molar-refractivity contribution in [1.29, 1.82) is 0 Å². The number of benzene rings is 1. The van der Waals surface area contributed by atoms with E-state index in [0.29, 0.717) is 25.7 Å². The van der Waals surface area contributed by atoms with Gasteiger partial charge in [-0.15, -0.1) is 0 Å². The Labute approximate surface area is 167 Å². The minimum atomic E-state index is 0.222. The van der Waals surface area contributed by atoms with Crippen molar-refractivity contribution in [3.05, 3.63) is 47.7 Å². The highest BCUT2D eigenvalue weighted by molar-refractivity contribution is 5.45. The van der Waals surface area contributed by atoms with E-state index >= 15 is 0 Å². The van der Waals surface area contributed by atoms with E-state index in [4.69, 9.17) is 14.2 Å². The van der Waals surface area contributed by atoms with E-state index in [1.165, 1.54) is 5.56 Å². The maximum Gasteiger partial charge on any atom is 0.161 e. The molecular formula is C22H31N3O3. The summed E-state index contributed by atoms with van der Waals surface area (Å²) >= 11 is 0. The molecular weight excluding hydrogens is 354 g/mol. The van der Waals surface area contributed by atoms with Crippen LogP contribution in [0.2, 0.25) is 0 Å². The quantitative estimate of drug-likeness (QED) is 0.714. The third kappa shape index (κ3) is 5.14. The number of anilines is 1. The van der Waals surface area contributed by atoms with E-state index in [2.05, 4.69) is 53.3 Å². The van der Waals surface area contributed by atoms with Crippen LogP contribution < -0.4 is 19.7 Å². The Hall–Kier alpha value is -2.31. The van der Waals surface area contributed by atoms with Gasteiger partial charge in [0.2, 0.25) is 0 Å². The number of nitrogens with one attached hydrogen (secondary N) is 1. The van der Waals surface area contributed by atoms with Gasteiger partial charge in [-0.3, -0.25) is 0 Å². The maximum atomic E-state index is 5.74. The number of hydrogen-bond donors (Lipinski definition) is 1. The maximum absolute atomic E-state index is 5.74. The molecule has 0 radical (unpaired) electrons. The summed E-state index contributed by atoms with van der Waals surface area (Å²) in [5.74, 6) is 3.05. The Morgan fingerprint density at radius 2 is 1.93 bits per heavy atom. The van der Waals surface area contributed by atoms with Crippen LogP contribution in [-0.2, 0) is 11.3 Å². The number of likely N-dealkylation sites (N-methyl/N-ethyl adjacent to an activating group) is 1. The highest BCUT2D eigenvalue weighted by Crippen LogP contribution is 2.34. The number of nitrogens with zero attached hydrogens (tertiary/aromatic N) is 2. The zero-order valence-corrected chi connectivity index (χ0v) is 17.3. The first kappa shape index (κ1) is 20.4. The molecule has 0 amide bonds. The second-order valence-corrected chi connectivity index (χ2v) is 7.44. The molecule has 2 heterocycles. The zero-order valence-electron chi connectivity index (χ0n) is 17.3. The SMILES string of the molecule is COCCN(C)c1ccc(CN[C@H](c2ccc3c(c2)OCCO3)C(C)C)cn1. The molecule has 6 nitrogen and oxygen atoms in total. The smallest absolute Gasteiger partial charge is 0.161 e. The minimum absolute atomic E-state index is 0.222. The summed E-state index contributed by atoms with van der Waals surface area (Å²) in [6.45, 7) is 7.93. The number of rotatable bonds is 9. The topological polar surface area (TPSA) is 55.9 Å². The summed E-state index contributed by atoms with van der Waals surface area (Å²) < 4.78 is 16.5. The predicted molar refractivity (Wildman–Crippen MR) is 111 cm³/mol. The van der Waals surface area contributed by atoms with Gasteiger partial charge in [-0.05, 0) is 35.2 Å². The van der Waals surface area contributed by atoms with E-state index in [9.17, 15) is 0 Å². The molecule has 0 aliphatic carbocycles. The first-order valence-electron chi connectivity index (χ1n) is 9.86. The van der Waals surface area contributed by atoms with Gasteiger partial charge < -0.3 is 24.4 Å². The van der Waals surface area contributed by atoms with Gasteiger partial charge in [-0.2, -0.15) is 0 Å². The van der Waals surface area contributed by atoms with Crippen molar-refractivity contribution in [1.82, 2.24) is 10.3 Å². The summed E-state index contributed by atoms with van der Waals surface area (Å²) in [6.07, 6.45) is 1.94. The highest BCUT2D eigenvalue weighted by Gasteiger charge is 2.19. The zero-order chi connectivity index (χ0) is 19.9. The summed E-state index contributed by atoms with van der Waals surface area (Å²) in [4.78, 5) is 6.67. The van der Waals surface area contributed by atoms with Gasteiger partial charge in [0.1, 0.15) is 19.0 Å². The second-order valence-electron chi connectivity index (χ2n) is 7.44. The molecule has 1 aliphatic heterocycles. The predicted octanol–water partition coefficient (Wildman–Crippen LogP) is 3.42.